The summed E-state index contributed by atoms with van der Waals surface area (Å²) in [5, 5.41) is 12.5. The highest BCUT2D eigenvalue weighted by molar-refractivity contribution is 5.85. The van der Waals surface area contributed by atoms with Crippen LogP contribution in [-0.2, 0) is 13.0 Å². The van der Waals surface area contributed by atoms with E-state index in [0.29, 0.717) is 5.56 Å². The zero-order valence-corrected chi connectivity index (χ0v) is 15.7. The van der Waals surface area contributed by atoms with Crippen LogP contribution >= 0.6 is 12.4 Å². The van der Waals surface area contributed by atoms with Gasteiger partial charge in [-0.1, -0.05) is 12.1 Å². The Morgan fingerprint density at radius 1 is 1.00 bits per heavy atom. The lowest BCUT2D eigenvalue weighted by Crippen LogP contribution is -2.31. The minimum atomic E-state index is 0. The van der Waals surface area contributed by atoms with Gasteiger partial charge in [-0.05, 0) is 50.8 Å². The summed E-state index contributed by atoms with van der Waals surface area (Å²) >= 11 is 0. The number of nitrogens with one attached hydrogen (secondary N) is 1. The van der Waals surface area contributed by atoms with E-state index >= 15 is 0 Å². The first-order valence-corrected chi connectivity index (χ1v) is 9.21. The van der Waals surface area contributed by atoms with E-state index in [9.17, 15) is 0 Å². The highest BCUT2D eigenvalue weighted by atomic mass is 35.5. The number of benzene rings is 1. The summed E-state index contributed by atoms with van der Waals surface area (Å²) in [6.07, 6.45) is 5.83. The molecule has 0 bridgehead atoms. The Labute approximate surface area is 160 Å². The second-order valence-corrected chi connectivity index (χ2v) is 6.81. The fourth-order valence-electron chi connectivity index (χ4n) is 3.68. The molecule has 1 fully saturated rings. The van der Waals surface area contributed by atoms with Gasteiger partial charge in [-0.25, -0.2) is 9.97 Å². The number of nitriles is 1. The Balaban J connectivity index is 0.00000196. The van der Waals surface area contributed by atoms with Gasteiger partial charge in [-0.3, -0.25) is 0 Å². The molecule has 1 aromatic carbocycles. The highest BCUT2D eigenvalue weighted by Gasteiger charge is 2.21. The Bertz CT molecular complexity index is 791. The number of fused-ring (bicyclic) bond motifs is 1. The first-order valence-electron chi connectivity index (χ1n) is 9.21. The van der Waals surface area contributed by atoms with Gasteiger partial charge >= 0.3 is 0 Å². The molecule has 0 atom stereocenters. The minimum Gasteiger partial charge on any atom is -0.341 e. The van der Waals surface area contributed by atoms with Gasteiger partial charge in [0.2, 0.25) is 5.95 Å². The van der Waals surface area contributed by atoms with Gasteiger partial charge < -0.3 is 10.2 Å². The second-order valence-electron chi connectivity index (χ2n) is 6.81. The normalized spacial score (nSPS) is 16.8. The van der Waals surface area contributed by atoms with E-state index in [1.807, 2.05) is 24.3 Å². The van der Waals surface area contributed by atoms with E-state index in [1.54, 1.807) is 0 Å². The van der Waals surface area contributed by atoms with Crippen molar-refractivity contribution >= 4 is 18.4 Å². The zero-order chi connectivity index (χ0) is 17.1. The molecular formula is C20H24ClN5. The van der Waals surface area contributed by atoms with Gasteiger partial charge in [0, 0.05) is 30.8 Å². The molecule has 0 amide bonds. The van der Waals surface area contributed by atoms with Crippen LogP contribution < -0.4 is 10.2 Å². The molecule has 4 rings (SSSR count). The van der Waals surface area contributed by atoms with E-state index in [4.69, 9.17) is 15.2 Å². The number of hydrogen-bond donors (Lipinski definition) is 1. The average molecular weight is 370 g/mol. The van der Waals surface area contributed by atoms with Crippen molar-refractivity contribution in [3.8, 4) is 17.3 Å². The predicted molar refractivity (Wildman–Crippen MR) is 106 cm³/mol. The molecule has 0 saturated carbocycles. The van der Waals surface area contributed by atoms with E-state index in [2.05, 4.69) is 16.3 Å². The summed E-state index contributed by atoms with van der Waals surface area (Å²) in [6, 6.07) is 9.94. The molecule has 2 aliphatic heterocycles. The zero-order valence-electron chi connectivity index (χ0n) is 14.9. The van der Waals surface area contributed by atoms with E-state index < -0.39 is 0 Å². The third kappa shape index (κ3) is 3.82. The standard InChI is InChI=1S/C20H23N5.ClH/c21-13-15-6-8-16(9-7-15)19-17-14-22-10-4-5-18(17)23-20(24-19)25-11-2-1-3-12-25;/h6-9,22H,1-5,10-12,14H2;1H. The number of piperidine rings is 1. The van der Waals surface area contributed by atoms with Gasteiger partial charge in [-0.2, -0.15) is 5.26 Å². The molecule has 5 nitrogen and oxygen atoms in total. The van der Waals surface area contributed by atoms with Crippen LogP contribution in [0.3, 0.4) is 0 Å². The molecule has 26 heavy (non-hydrogen) atoms. The van der Waals surface area contributed by atoms with Crippen molar-refractivity contribution in [2.45, 2.75) is 38.6 Å². The summed E-state index contributed by atoms with van der Waals surface area (Å²) in [5.74, 6) is 0.875. The number of nitrogens with zero attached hydrogens (tertiary/aromatic N) is 4. The second kappa shape index (κ2) is 8.48. The lowest BCUT2D eigenvalue weighted by molar-refractivity contribution is 0.567. The van der Waals surface area contributed by atoms with Crippen molar-refractivity contribution in [1.29, 1.82) is 5.26 Å². The monoisotopic (exact) mass is 369 g/mol. The molecule has 0 aliphatic carbocycles. The molecule has 2 aromatic rings. The van der Waals surface area contributed by atoms with Crippen molar-refractivity contribution in [3.63, 3.8) is 0 Å². The van der Waals surface area contributed by atoms with Crippen LogP contribution in [0, 0.1) is 11.3 Å². The smallest absolute Gasteiger partial charge is 0.226 e. The van der Waals surface area contributed by atoms with Crippen molar-refractivity contribution < 1.29 is 0 Å². The number of rotatable bonds is 2. The third-order valence-electron chi connectivity index (χ3n) is 5.08. The molecule has 0 spiro atoms. The molecule has 3 heterocycles. The summed E-state index contributed by atoms with van der Waals surface area (Å²) in [4.78, 5) is 12.2. The van der Waals surface area contributed by atoms with Gasteiger partial charge in [0.15, 0.2) is 0 Å². The Morgan fingerprint density at radius 2 is 1.77 bits per heavy atom. The summed E-state index contributed by atoms with van der Waals surface area (Å²) in [7, 11) is 0. The molecular weight excluding hydrogens is 346 g/mol. The minimum absolute atomic E-state index is 0. The molecule has 0 unspecified atom stereocenters. The fourth-order valence-corrected chi connectivity index (χ4v) is 3.68. The lowest BCUT2D eigenvalue weighted by atomic mass is 10.0. The lowest BCUT2D eigenvalue weighted by Gasteiger charge is -2.28. The van der Waals surface area contributed by atoms with E-state index in [-0.39, 0.29) is 12.4 Å². The van der Waals surface area contributed by atoms with Gasteiger partial charge in [-0.15, -0.1) is 12.4 Å². The van der Waals surface area contributed by atoms with Crippen LogP contribution in [0.2, 0.25) is 0 Å². The molecule has 1 saturated heterocycles. The maximum Gasteiger partial charge on any atom is 0.226 e. The van der Waals surface area contributed by atoms with Crippen LogP contribution in [0.15, 0.2) is 24.3 Å². The van der Waals surface area contributed by atoms with E-state index in [0.717, 1.165) is 56.2 Å². The van der Waals surface area contributed by atoms with Crippen LogP contribution in [0.5, 0.6) is 0 Å². The first-order chi connectivity index (χ1) is 12.3. The van der Waals surface area contributed by atoms with Gasteiger partial charge in [0.05, 0.1) is 23.0 Å². The first kappa shape index (κ1) is 18.6. The third-order valence-corrected chi connectivity index (χ3v) is 5.08. The maximum atomic E-state index is 9.05. The highest BCUT2D eigenvalue weighted by Crippen LogP contribution is 2.29. The topological polar surface area (TPSA) is 64.8 Å². The molecule has 6 heteroatoms. The van der Waals surface area contributed by atoms with Crippen LogP contribution in [-0.4, -0.2) is 29.6 Å². The number of hydrogen-bond acceptors (Lipinski definition) is 5. The molecule has 2 aliphatic rings. The summed E-state index contributed by atoms with van der Waals surface area (Å²) in [5.41, 5.74) is 5.16. The summed E-state index contributed by atoms with van der Waals surface area (Å²) < 4.78 is 0. The Morgan fingerprint density at radius 3 is 2.50 bits per heavy atom. The van der Waals surface area contributed by atoms with Crippen molar-refractivity contribution in [2.24, 2.45) is 0 Å². The predicted octanol–water partition coefficient (Wildman–Crippen LogP) is 3.46. The van der Waals surface area contributed by atoms with Crippen molar-refractivity contribution in [3.05, 3.63) is 41.1 Å². The number of anilines is 1. The average Bonchev–Trinajstić information content (AvgIpc) is 2.93. The molecule has 1 N–H and O–H groups in total. The van der Waals surface area contributed by atoms with Crippen molar-refractivity contribution in [2.75, 3.05) is 24.5 Å². The Hall–Kier alpha value is -2.16. The SMILES string of the molecule is Cl.N#Cc1ccc(-c2nc(N3CCCCC3)nc3c2CNCCC3)cc1. The molecule has 0 radical (unpaired) electrons. The number of aryl methyl sites for hydroxylation is 1. The molecule has 1 aromatic heterocycles. The van der Waals surface area contributed by atoms with Crippen LogP contribution in [0.1, 0.15) is 42.5 Å². The van der Waals surface area contributed by atoms with Gasteiger partial charge in [0.1, 0.15) is 0 Å². The largest absolute Gasteiger partial charge is 0.341 e. The number of aromatic nitrogens is 2. The summed E-state index contributed by atoms with van der Waals surface area (Å²) in [6.45, 7) is 3.92. The van der Waals surface area contributed by atoms with Crippen molar-refractivity contribution in [1.82, 2.24) is 15.3 Å². The van der Waals surface area contributed by atoms with Crippen LogP contribution in [0.4, 0.5) is 5.95 Å². The fraction of sp³-hybridized carbons (Fsp3) is 0.450. The Kier molecular flexibility index (Phi) is 6.08. The maximum absolute atomic E-state index is 9.05. The van der Waals surface area contributed by atoms with Gasteiger partial charge in [0.25, 0.3) is 0 Å². The quantitative estimate of drug-likeness (QED) is 0.878. The molecule has 136 valence electrons. The van der Waals surface area contributed by atoms with Crippen LogP contribution in [0.25, 0.3) is 11.3 Å². The number of halogens is 1. The van der Waals surface area contributed by atoms with E-state index in [1.165, 1.54) is 30.5 Å².